The maximum Gasteiger partial charge on any atom is 0.267 e. The van der Waals surface area contributed by atoms with Crippen LogP contribution in [0.3, 0.4) is 0 Å². The summed E-state index contributed by atoms with van der Waals surface area (Å²) >= 11 is 8.17. The number of hydrogen-bond donors (Lipinski definition) is 2. The molecular weight excluding hydrogens is 386 g/mol. The Morgan fingerprint density at radius 3 is 2.88 bits per heavy atom. The number of anilines is 1. The lowest BCUT2D eigenvalue weighted by Gasteiger charge is -2.01. The first-order valence-electron chi connectivity index (χ1n) is 8.09. The summed E-state index contributed by atoms with van der Waals surface area (Å²) in [5, 5.41) is 10.5. The molecule has 0 aliphatic heterocycles. The summed E-state index contributed by atoms with van der Waals surface area (Å²) in [5.41, 5.74) is 1.94. The van der Waals surface area contributed by atoms with Gasteiger partial charge >= 0.3 is 0 Å². The first-order valence-corrected chi connectivity index (χ1v) is 10.1. The third-order valence-electron chi connectivity index (χ3n) is 3.86. The molecule has 6 nitrogen and oxygen atoms in total. The molecule has 0 radical (unpaired) electrons. The highest BCUT2D eigenvalue weighted by molar-refractivity contribution is 7.71. The van der Waals surface area contributed by atoms with E-state index in [1.54, 1.807) is 6.08 Å². The predicted molar refractivity (Wildman–Crippen MR) is 110 cm³/mol. The van der Waals surface area contributed by atoms with E-state index in [0.717, 1.165) is 22.6 Å². The largest absolute Gasteiger partial charge is 0.297 e. The Bertz CT molecular complexity index is 1020. The summed E-state index contributed by atoms with van der Waals surface area (Å²) in [5.74, 6) is 0.564. The molecular formula is C17H19N5OS3. The van der Waals surface area contributed by atoms with Gasteiger partial charge in [-0.2, -0.15) is 5.10 Å². The van der Waals surface area contributed by atoms with Crippen LogP contribution in [0.4, 0.5) is 5.13 Å². The molecule has 3 rings (SSSR count). The number of nitrogens with zero attached hydrogens (tertiary/aromatic N) is 3. The van der Waals surface area contributed by atoms with Crippen LogP contribution in [-0.4, -0.2) is 25.7 Å². The van der Waals surface area contributed by atoms with Gasteiger partial charge in [-0.05, 0) is 44.1 Å². The first-order chi connectivity index (χ1) is 12.4. The Morgan fingerprint density at radius 2 is 2.23 bits per heavy atom. The van der Waals surface area contributed by atoms with Crippen LogP contribution < -0.4 is 5.32 Å². The number of thiophene rings is 1. The molecule has 26 heavy (non-hydrogen) atoms. The Hall–Kier alpha value is -2.10. The number of aromatic nitrogens is 4. The van der Waals surface area contributed by atoms with E-state index in [9.17, 15) is 4.79 Å². The lowest BCUT2D eigenvalue weighted by atomic mass is 10.2. The minimum absolute atomic E-state index is 0.136. The van der Waals surface area contributed by atoms with Crippen molar-refractivity contribution < 1.29 is 4.79 Å². The standard InChI is InChI=1S/C17H19N5OS3/c1-5-7-22-14(20-21-17(22)24)13-10(4)18-16(26-13)19-15(23)12-8-9(3)11(6-2)25-12/h5,8H,1,6-7H2,2-4H3,(H,21,24)(H,18,19,23). The van der Waals surface area contributed by atoms with Gasteiger partial charge in [-0.3, -0.25) is 19.8 Å². The number of aromatic amines is 1. The van der Waals surface area contributed by atoms with E-state index in [4.69, 9.17) is 12.2 Å². The Balaban J connectivity index is 1.87. The van der Waals surface area contributed by atoms with Crippen molar-refractivity contribution in [2.24, 2.45) is 0 Å². The van der Waals surface area contributed by atoms with Gasteiger partial charge in [0, 0.05) is 11.4 Å². The zero-order valence-corrected chi connectivity index (χ0v) is 17.2. The second kappa shape index (κ2) is 7.65. The third kappa shape index (κ3) is 3.55. The summed E-state index contributed by atoms with van der Waals surface area (Å²) in [7, 11) is 0. The summed E-state index contributed by atoms with van der Waals surface area (Å²) in [6.45, 7) is 10.3. The molecule has 0 aromatic carbocycles. The molecule has 0 aliphatic carbocycles. The van der Waals surface area contributed by atoms with Gasteiger partial charge in [0.05, 0.1) is 15.4 Å². The smallest absolute Gasteiger partial charge is 0.267 e. The van der Waals surface area contributed by atoms with Gasteiger partial charge < -0.3 is 0 Å². The van der Waals surface area contributed by atoms with Crippen LogP contribution >= 0.6 is 34.9 Å². The molecule has 3 heterocycles. The SMILES string of the molecule is C=CCn1c(-c2sc(NC(=O)c3cc(C)c(CC)s3)nc2C)n[nH]c1=S. The molecule has 0 aliphatic rings. The van der Waals surface area contributed by atoms with Crippen molar-refractivity contribution in [1.82, 2.24) is 19.7 Å². The van der Waals surface area contributed by atoms with Crippen LogP contribution in [0.5, 0.6) is 0 Å². The number of carbonyl (C=O) groups excluding carboxylic acids is 1. The van der Waals surface area contributed by atoms with Gasteiger partial charge in [0.25, 0.3) is 5.91 Å². The molecule has 0 saturated heterocycles. The monoisotopic (exact) mass is 405 g/mol. The van der Waals surface area contributed by atoms with Gasteiger partial charge in [-0.25, -0.2) is 4.98 Å². The average Bonchev–Trinajstić information content (AvgIpc) is 3.26. The second-order valence-electron chi connectivity index (χ2n) is 5.71. The lowest BCUT2D eigenvalue weighted by Crippen LogP contribution is -2.09. The van der Waals surface area contributed by atoms with Crippen molar-refractivity contribution >= 4 is 45.9 Å². The number of aryl methyl sites for hydroxylation is 3. The molecule has 136 valence electrons. The van der Waals surface area contributed by atoms with Gasteiger partial charge in [0.1, 0.15) is 0 Å². The van der Waals surface area contributed by atoms with Crippen molar-refractivity contribution in [2.75, 3.05) is 5.32 Å². The maximum absolute atomic E-state index is 12.5. The quantitative estimate of drug-likeness (QED) is 0.459. The number of carbonyl (C=O) groups is 1. The fraction of sp³-hybridized carbons (Fsp3) is 0.294. The van der Waals surface area contributed by atoms with Crippen LogP contribution in [0, 0.1) is 18.6 Å². The van der Waals surface area contributed by atoms with Gasteiger partial charge in [-0.1, -0.05) is 24.3 Å². The van der Waals surface area contributed by atoms with Crippen LogP contribution in [0.25, 0.3) is 10.7 Å². The molecule has 0 bridgehead atoms. The van der Waals surface area contributed by atoms with E-state index >= 15 is 0 Å². The van der Waals surface area contributed by atoms with E-state index in [2.05, 4.69) is 34.0 Å². The van der Waals surface area contributed by atoms with Gasteiger partial charge in [0.2, 0.25) is 0 Å². The number of allylic oxidation sites excluding steroid dienone is 1. The van der Waals surface area contributed by atoms with Crippen molar-refractivity contribution in [3.05, 3.63) is 44.5 Å². The summed E-state index contributed by atoms with van der Waals surface area (Å²) in [6, 6.07) is 1.93. The second-order valence-corrected chi connectivity index (χ2v) is 8.23. The highest BCUT2D eigenvalue weighted by Crippen LogP contribution is 2.32. The number of rotatable bonds is 6. The predicted octanol–water partition coefficient (Wildman–Crippen LogP) is 4.74. The van der Waals surface area contributed by atoms with Crippen LogP contribution in [0.1, 0.15) is 32.7 Å². The Morgan fingerprint density at radius 1 is 1.46 bits per heavy atom. The first kappa shape index (κ1) is 18.7. The molecule has 3 aromatic heterocycles. The summed E-state index contributed by atoms with van der Waals surface area (Å²) in [6.07, 6.45) is 2.69. The lowest BCUT2D eigenvalue weighted by molar-refractivity contribution is 0.103. The number of hydrogen-bond acceptors (Lipinski definition) is 6. The van der Waals surface area contributed by atoms with Gasteiger partial charge in [0.15, 0.2) is 15.7 Å². The minimum Gasteiger partial charge on any atom is -0.297 e. The van der Waals surface area contributed by atoms with E-state index in [0.29, 0.717) is 27.1 Å². The normalized spacial score (nSPS) is 10.9. The highest BCUT2D eigenvalue weighted by Gasteiger charge is 2.18. The molecule has 0 fully saturated rings. The van der Waals surface area contributed by atoms with E-state index in [-0.39, 0.29) is 5.91 Å². The highest BCUT2D eigenvalue weighted by atomic mass is 32.1. The summed E-state index contributed by atoms with van der Waals surface area (Å²) in [4.78, 5) is 19.8. The molecule has 0 atom stereocenters. The number of nitrogens with one attached hydrogen (secondary N) is 2. The van der Waals surface area contributed by atoms with Crippen molar-refractivity contribution in [1.29, 1.82) is 0 Å². The third-order valence-corrected chi connectivity index (χ3v) is 6.62. The topological polar surface area (TPSA) is 75.6 Å². The zero-order valence-electron chi connectivity index (χ0n) is 14.8. The molecule has 3 aromatic rings. The molecule has 0 spiro atoms. The van der Waals surface area contributed by atoms with Gasteiger partial charge in [-0.15, -0.1) is 17.9 Å². The fourth-order valence-electron chi connectivity index (χ4n) is 2.59. The van der Waals surface area contributed by atoms with E-state index < -0.39 is 0 Å². The fourth-order valence-corrected chi connectivity index (χ4v) is 4.76. The number of amides is 1. The van der Waals surface area contributed by atoms with E-state index in [1.165, 1.54) is 27.6 Å². The van der Waals surface area contributed by atoms with Crippen LogP contribution in [-0.2, 0) is 13.0 Å². The Labute approximate surface area is 164 Å². The van der Waals surface area contributed by atoms with Crippen molar-refractivity contribution in [3.8, 4) is 10.7 Å². The average molecular weight is 406 g/mol. The molecule has 0 unspecified atom stereocenters. The number of H-pyrrole nitrogens is 1. The van der Waals surface area contributed by atoms with Crippen LogP contribution in [0.2, 0.25) is 0 Å². The zero-order chi connectivity index (χ0) is 18.8. The molecule has 1 amide bonds. The van der Waals surface area contributed by atoms with Crippen molar-refractivity contribution in [2.45, 2.75) is 33.7 Å². The van der Waals surface area contributed by atoms with E-state index in [1.807, 2.05) is 24.5 Å². The minimum atomic E-state index is -0.136. The molecule has 2 N–H and O–H groups in total. The number of thiazole rings is 1. The maximum atomic E-state index is 12.5. The van der Waals surface area contributed by atoms with Crippen LogP contribution in [0.15, 0.2) is 18.7 Å². The molecule has 9 heteroatoms. The Kier molecular flexibility index (Phi) is 5.49. The summed E-state index contributed by atoms with van der Waals surface area (Å²) < 4.78 is 2.38. The van der Waals surface area contributed by atoms with Crippen molar-refractivity contribution in [3.63, 3.8) is 0 Å². The molecule has 0 saturated carbocycles.